The third kappa shape index (κ3) is 3.37. The summed E-state index contributed by atoms with van der Waals surface area (Å²) in [7, 11) is 0. The van der Waals surface area contributed by atoms with E-state index >= 15 is 0 Å². The highest BCUT2D eigenvalue weighted by Gasteiger charge is 2.11. The van der Waals surface area contributed by atoms with Crippen LogP contribution in [0.2, 0.25) is 0 Å². The normalized spacial score (nSPS) is 14.4. The predicted molar refractivity (Wildman–Crippen MR) is 83.9 cm³/mol. The van der Waals surface area contributed by atoms with Crippen LogP contribution in [0.3, 0.4) is 0 Å². The number of rotatable bonds is 5. The summed E-state index contributed by atoms with van der Waals surface area (Å²) >= 11 is 0. The molecule has 1 atom stereocenters. The molecule has 2 aromatic carbocycles. The van der Waals surface area contributed by atoms with Crippen molar-refractivity contribution < 1.29 is 9.47 Å². The van der Waals surface area contributed by atoms with Gasteiger partial charge in [-0.1, -0.05) is 24.3 Å². The molecule has 1 heterocycles. The van der Waals surface area contributed by atoms with Crippen LogP contribution in [-0.2, 0) is 12.8 Å². The van der Waals surface area contributed by atoms with E-state index in [-0.39, 0.29) is 6.04 Å². The minimum Gasteiger partial charge on any atom is -0.493 e. The van der Waals surface area contributed by atoms with Gasteiger partial charge in [-0.05, 0) is 41.8 Å². The molecular formula is C18H21NO2. The molecule has 0 bridgehead atoms. The molecule has 2 N–H and O–H groups in total. The van der Waals surface area contributed by atoms with E-state index < -0.39 is 0 Å². The number of hydrogen-bond acceptors (Lipinski definition) is 3. The number of ether oxygens (including phenoxy) is 2. The van der Waals surface area contributed by atoms with Crippen molar-refractivity contribution in [1.82, 2.24) is 0 Å². The minimum atomic E-state index is 0.0627. The van der Waals surface area contributed by atoms with Crippen LogP contribution in [0.15, 0.2) is 42.5 Å². The zero-order chi connectivity index (χ0) is 14.7. The smallest absolute Gasteiger partial charge is 0.122 e. The van der Waals surface area contributed by atoms with Crippen LogP contribution in [0.5, 0.6) is 11.5 Å². The standard InChI is InChI=1S/C18H21NO2/c1-13(19)15-3-5-17(6-4-15)20-10-8-14-2-7-18-16(12-14)9-11-21-18/h2-7,12-13H,8-11,19H2,1H3/t13-/m0/s1. The molecule has 21 heavy (non-hydrogen) atoms. The minimum absolute atomic E-state index is 0.0627. The molecule has 3 rings (SSSR count). The summed E-state index contributed by atoms with van der Waals surface area (Å²) in [4.78, 5) is 0. The molecule has 0 saturated carbocycles. The van der Waals surface area contributed by atoms with Gasteiger partial charge in [-0.3, -0.25) is 0 Å². The molecule has 0 amide bonds. The van der Waals surface area contributed by atoms with E-state index in [9.17, 15) is 0 Å². The Balaban J connectivity index is 1.54. The predicted octanol–water partition coefficient (Wildman–Crippen LogP) is 3.26. The molecule has 1 aliphatic heterocycles. The highest BCUT2D eigenvalue weighted by atomic mass is 16.5. The molecule has 0 spiro atoms. The number of hydrogen-bond donors (Lipinski definition) is 1. The van der Waals surface area contributed by atoms with Crippen molar-refractivity contribution in [2.75, 3.05) is 13.2 Å². The maximum Gasteiger partial charge on any atom is 0.122 e. The average molecular weight is 283 g/mol. The fourth-order valence-electron chi connectivity index (χ4n) is 2.55. The summed E-state index contributed by atoms with van der Waals surface area (Å²) in [5.74, 6) is 1.93. The van der Waals surface area contributed by atoms with Crippen LogP contribution in [-0.4, -0.2) is 13.2 Å². The van der Waals surface area contributed by atoms with E-state index in [1.807, 2.05) is 31.2 Å². The second-order valence-corrected chi connectivity index (χ2v) is 5.50. The Morgan fingerprint density at radius 1 is 1.19 bits per heavy atom. The topological polar surface area (TPSA) is 44.5 Å². The molecule has 0 radical (unpaired) electrons. The van der Waals surface area contributed by atoms with Gasteiger partial charge in [0.05, 0.1) is 13.2 Å². The molecular weight excluding hydrogens is 262 g/mol. The summed E-state index contributed by atoms with van der Waals surface area (Å²) in [6.45, 7) is 3.46. The van der Waals surface area contributed by atoms with E-state index in [0.717, 1.165) is 36.5 Å². The molecule has 3 nitrogen and oxygen atoms in total. The second-order valence-electron chi connectivity index (χ2n) is 5.50. The van der Waals surface area contributed by atoms with Crippen LogP contribution >= 0.6 is 0 Å². The average Bonchev–Trinajstić information content (AvgIpc) is 2.95. The van der Waals surface area contributed by atoms with Gasteiger partial charge in [0.25, 0.3) is 0 Å². The van der Waals surface area contributed by atoms with Gasteiger partial charge in [-0.15, -0.1) is 0 Å². The lowest BCUT2D eigenvalue weighted by atomic mass is 10.1. The molecule has 2 aromatic rings. The van der Waals surface area contributed by atoms with E-state index in [2.05, 4.69) is 18.2 Å². The highest BCUT2D eigenvalue weighted by Crippen LogP contribution is 2.26. The Morgan fingerprint density at radius 3 is 2.76 bits per heavy atom. The monoisotopic (exact) mass is 283 g/mol. The van der Waals surface area contributed by atoms with Gasteiger partial charge < -0.3 is 15.2 Å². The summed E-state index contributed by atoms with van der Waals surface area (Å²) in [6, 6.07) is 14.5. The van der Waals surface area contributed by atoms with Gasteiger partial charge in [0.1, 0.15) is 11.5 Å². The third-order valence-electron chi connectivity index (χ3n) is 3.82. The molecule has 1 aliphatic rings. The second kappa shape index (κ2) is 6.19. The zero-order valence-electron chi connectivity index (χ0n) is 12.3. The SMILES string of the molecule is C[C@H](N)c1ccc(OCCc2ccc3c(c2)CCO3)cc1. The first kappa shape index (κ1) is 14.0. The molecule has 0 fully saturated rings. The van der Waals surface area contributed by atoms with Crippen molar-refractivity contribution in [3.8, 4) is 11.5 Å². The fraction of sp³-hybridized carbons (Fsp3) is 0.333. The summed E-state index contributed by atoms with van der Waals surface area (Å²) in [6.07, 6.45) is 1.92. The summed E-state index contributed by atoms with van der Waals surface area (Å²) in [5.41, 5.74) is 9.57. The Bertz CT molecular complexity index is 605. The van der Waals surface area contributed by atoms with Crippen molar-refractivity contribution in [3.05, 3.63) is 59.2 Å². The zero-order valence-corrected chi connectivity index (χ0v) is 12.3. The van der Waals surface area contributed by atoms with Crippen LogP contribution < -0.4 is 15.2 Å². The largest absolute Gasteiger partial charge is 0.493 e. The van der Waals surface area contributed by atoms with E-state index in [4.69, 9.17) is 15.2 Å². The fourth-order valence-corrected chi connectivity index (χ4v) is 2.55. The van der Waals surface area contributed by atoms with Crippen LogP contribution in [0.25, 0.3) is 0 Å². The van der Waals surface area contributed by atoms with Gasteiger partial charge >= 0.3 is 0 Å². The van der Waals surface area contributed by atoms with Gasteiger partial charge in [0.2, 0.25) is 0 Å². The maximum atomic E-state index is 5.83. The number of nitrogens with two attached hydrogens (primary N) is 1. The molecule has 0 unspecified atom stereocenters. The number of benzene rings is 2. The first-order valence-electron chi connectivity index (χ1n) is 7.45. The van der Waals surface area contributed by atoms with Crippen molar-refractivity contribution >= 4 is 0 Å². The van der Waals surface area contributed by atoms with Crippen LogP contribution in [0, 0.1) is 0 Å². The van der Waals surface area contributed by atoms with E-state index in [1.165, 1.54) is 11.1 Å². The Hall–Kier alpha value is -2.00. The van der Waals surface area contributed by atoms with Crippen molar-refractivity contribution in [3.63, 3.8) is 0 Å². The van der Waals surface area contributed by atoms with Crippen molar-refractivity contribution in [2.45, 2.75) is 25.8 Å². The van der Waals surface area contributed by atoms with Crippen molar-refractivity contribution in [2.24, 2.45) is 5.73 Å². The lowest BCUT2D eigenvalue weighted by Gasteiger charge is -2.09. The lowest BCUT2D eigenvalue weighted by Crippen LogP contribution is -2.05. The van der Waals surface area contributed by atoms with Crippen molar-refractivity contribution in [1.29, 1.82) is 0 Å². The van der Waals surface area contributed by atoms with Gasteiger partial charge in [-0.25, -0.2) is 0 Å². The van der Waals surface area contributed by atoms with E-state index in [0.29, 0.717) is 6.61 Å². The Morgan fingerprint density at radius 2 is 2.00 bits per heavy atom. The third-order valence-corrected chi connectivity index (χ3v) is 3.82. The summed E-state index contributed by atoms with van der Waals surface area (Å²) in [5, 5.41) is 0. The highest BCUT2D eigenvalue weighted by molar-refractivity contribution is 5.39. The molecule has 0 aromatic heterocycles. The molecule has 0 aliphatic carbocycles. The molecule has 110 valence electrons. The lowest BCUT2D eigenvalue weighted by molar-refractivity contribution is 0.321. The first-order chi connectivity index (χ1) is 10.2. The van der Waals surface area contributed by atoms with Gasteiger partial charge in [0.15, 0.2) is 0 Å². The first-order valence-corrected chi connectivity index (χ1v) is 7.45. The molecule has 3 heteroatoms. The number of fused-ring (bicyclic) bond motifs is 1. The van der Waals surface area contributed by atoms with E-state index in [1.54, 1.807) is 0 Å². The Labute approximate surface area is 125 Å². The molecule has 0 saturated heterocycles. The van der Waals surface area contributed by atoms with Crippen LogP contribution in [0.4, 0.5) is 0 Å². The Kier molecular flexibility index (Phi) is 4.11. The quantitative estimate of drug-likeness (QED) is 0.916. The van der Waals surface area contributed by atoms with Gasteiger partial charge in [0, 0.05) is 18.9 Å². The summed E-state index contributed by atoms with van der Waals surface area (Å²) < 4.78 is 11.3. The maximum absolute atomic E-state index is 5.83. The van der Waals surface area contributed by atoms with Gasteiger partial charge in [-0.2, -0.15) is 0 Å². The van der Waals surface area contributed by atoms with Crippen LogP contribution in [0.1, 0.15) is 29.7 Å².